The number of pyridine rings is 1. The molecule has 1 aromatic heterocycles. The highest BCUT2D eigenvalue weighted by atomic mass is 35.5. The van der Waals surface area contributed by atoms with Crippen molar-refractivity contribution >= 4 is 24.0 Å². The van der Waals surface area contributed by atoms with Crippen LogP contribution < -0.4 is 5.73 Å². The van der Waals surface area contributed by atoms with Crippen molar-refractivity contribution in [3.63, 3.8) is 0 Å². The fraction of sp³-hybridized carbons (Fsp3) is 0.571. The molecule has 0 unspecified atom stereocenters. The van der Waals surface area contributed by atoms with Crippen LogP contribution in [0.1, 0.15) is 43.5 Å². The van der Waals surface area contributed by atoms with Gasteiger partial charge in [0, 0.05) is 31.2 Å². The van der Waals surface area contributed by atoms with Gasteiger partial charge in [-0.15, -0.1) is 12.4 Å². The fourth-order valence-electron chi connectivity index (χ4n) is 2.38. The number of hydrogen-bond acceptors (Lipinski definition) is 3. The van der Waals surface area contributed by atoms with Gasteiger partial charge < -0.3 is 10.6 Å². The van der Waals surface area contributed by atoms with Crippen molar-refractivity contribution in [2.75, 3.05) is 18.8 Å². The summed E-state index contributed by atoms with van der Waals surface area (Å²) in [5, 5.41) is 0. The van der Waals surface area contributed by atoms with Crippen LogP contribution in [0.4, 0.5) is 5.69 Å². The van der Waals surface area contributed by atoms with E-state index in [4.69, 9.17) is 5.73 Å². The van der Waals surface area contributed by atoms with Crippen molar-refractivity contribution < 1.29 is 4.79 Å². The van der Waals surface area contributed by atoms with Crippen molar-refractivity contribution in [3.05, 3.63) is 24.0 Å². The Bertz CT molecular complexity index is 448. The quantitative estimate of drug-likeness (QED) is 0.862. The highest BCUT2D eigenvalue weighted by Crippen LogP contribution is 2.30. The molecule has 1 saturated heterocycles. The van der Waals surface area contributed by atoms with Crippen LogP contribution in [0.2, 0.25) is 0 Å². The Kier molecular flexibility index (Phi) is 5.18. The number of halogens is 1. The SMILES string of the molecule is CC1(C)CCCN(C(=O)c2cnccc2N)CC1.Cl. The van der Waals surface area contributed by atoms with Gasteiger partial charge in [-0.1, -0.05) is 13.8 Å². The molecule has 1 aromatic rings. The second kappa shape index (κ2) is 6.24. The summed E-state index contributed by atoms with van der Waals surface area (Å²) >= 11 is 0. The standard InChI is InChI=1S/C14H21N3O.ClH/c1-14(2)5-3-8-17(9-6-14)13(18)11-10-16-7-4-12(11)15;/h4,7,10H,3,5-6,8-9H2,1-2H3,(H2,15,16);1H. The average molecular weight is 284 g/mol. The Labute approximate surface area is 120 Å². The van der Waals surface area contributed by atoms with E-state index in [-0.39, 0.29) is 18.3 Å². The van der Waals surface area contributed by atoms with E-state index >= 15 is 0 Å². The van der Waals surface area contributed by atoms with Gasteiger partial charge in [0.25, 0.3) is 5.91 Å². The molecule has 1 fully saturated rings. The molecule has 106 valence electrons. The van der Waals surface area contributed by atoms with Gasteiger partial charge >= 0.3 is 0 Å². The lowest BCUT2D eigenvalue weighted by molar-refractivity contribution is 0.0758. The van der Waals surface area contributed by atoms with Crippen molar-refractivity contribution in [1.29, 1.82) is 0 Å². The summed E-state index contributed by atoms with van der Waals surface area (Å²) in [5.41, 5.74) is 7.20. The first-order valence-corrected chi connectivity index (χ1v) is 6.48. The molecule has 0 atom stereocenters. The third-order valence-corrected chi connectivity index (χ3v) is 3.71. The monoisotopic (exact) mass is 283 g/mol. The molecule has 0 bridgehead atoms. The number of nitrogen functional groups attached to an aromatic ring is 1. The summed E-state index contributed by atoms with van der Waals surface area (Å²) in [6.07, 6.45) is 6.43. The Morgan fingerprint density at radius 1 is 1.37 bits per heavy atom. The summed E-state index contributed by atoms with van der Waals surface area (Å²) in [4.78, 5) is 18.3. The Balaban J connectivity index is 0.00000180. The molecule has 19 heavy (non-hydrogen) atoms. The first kappa shape index (κ1) is 15.8. The van der Waals surface area contributed by atoms with Crippen LogP contribution in [0.25, 0.3) is 0 Å². The van der Waals surface area contributed by atoms with Gasteiger partial charge in [-0.2, -0.15) is 0 Å². The molecule has 1 amide bonds. The van der Waals surface area contributed by atoms with Crippen molar-refractivity contribution in [2.24, 2.45) is 5.41 Å². The second-order valence-electron chi connectivity index (χ2n) is 5.77. The smallest absolute Gasteiger partial charge is 0.257 e. The molecule has 2 rings (SSSR count). The normalized spacial score (nSPS) is 18.3. The van der Waals surface area contributed by atoms with Crippen molar-refractivity contribution in [2.45, 2.75) is 33.1 Å². The van der Waals surface area contributed by atoms with Crippen molar-refractivity contribution in [1.82, 2.24) is 9.88 Å². The minimum Gasteiger partial charge on any atom is -0.398 e. The molecule has 1 aliphatic heterocycles. The topological polar surface area (TPSA) is 59.2 Å². The fourth-order valence-corrected chi connectivity index (χ4v) is 2.38. The zero-order chi connectivity index (χ0) is 13.2. The van der Waals surface area contributed by atoms with Gasteiger partial charge in [0.2, 0.25) is 0 Å². The van der Waals surface area contributed by atoms with Gasteiger partial charge in [-0.25, -0.2) is 0 Å². The Morgan fingerprint density at radius 2 is 2.11 bits per heavy atom. The van der Waals surface area contributed by atoms with Gasteiger partial charge in [0.05, 0.1) is 5.56 Å². The Morgan fingerprint density at radius 3 is 2.79 bits per heavy atom. The summed E-state index contributed by atoms with van der Waals surface area (Å²) in [6.45, 7) is 6.15. The maximum absolute atomic E-state index is 12.4. The minimum atomic E-state index is 0. The van der Waals surface area contributed by atoms with Crippen LogP contribution in [0.5, 0.6) is 0 Å². The van der Waals surface area contributed by atoms with E-state index in [9.17, 15) is 4.79 Å². The van der Waals surface area contributed by atoms with Crippen LogP contribution in [0.15, 0.2) is 18.5 Å². The number of carbonyl (C=O) groups is 1. The first-order chi connectivity index (χ1) is 8.49. The molecule has 1 aliphatic rings. The predicted octanol–water partition coefficient (Wildman–Crippen LogP) is 2.74. The van der Waals surface area contributed by atoms with Gasteiger partial charge in [-0.05, 0) is 30.7 Å². The highest BCUT2D eigenvalue weighted by molar-refractivity contribution is 5.98. The maximum atomic E-state index is 12.4. The number of likely N-dealkylation sites (tertiary alicyclic amines) is 1. The van der Waals surface area contributed by atoms with E-state index in [0.29, 0.717) is 16.7 Å². The largest absolute Gasteiger partial charge is 0.398 e. The number of anilines is 1. The molecule has 0 radical (unpaired) electrons. The van der Waals surface area contributed by atoms with Crippen LogP contribution >= 0.6 is 12.4 Å². The summed E-state index contributed by atoms with van der Waals surface area (Å²) < 4.78 is 0. The van der Waals surface area contributed by atoms with E-state index in [1.165, 1.54) is 6.42 Å². The highest BCUT2D eigenvalue weighted by Gasteiger charge is 2.26. The predicted molar refractivity (Wildman–Crippen MR) is 79.4 cm³/mol. The molecule has 2 N–H and O–H groups in total. The van der Waals surface area contributed by atoms with Crippen LogP contribution in [-0.4, -0.2) is 28.9 Å². The first-order valence-electron chi connectivity index (χ1n) is 6.48. The molecule has 5 heteroatoms. The lowest BCUT2D eigenvalue weighted by Crippen LogP contribution is -2.33. The van der Waals surface area contributed by atoms with E-state index in [1.54, 1.807) is 18.5 Å². The van der Waals surface area contributed by atoms with Crippen LogP contribution in [0.3, 0.4) is 0 Å². The maximum Gasteiger partial charge on any atom is 0.257 e. The molecular weight excluding hydrogens is 262 g/mol. The second-order valence-corrected chi connectivity index (χ2v) is 5.77. The molecule has 0 aliphatic carbocycles. The molecule has 0 aromatic carbocycles. The number of carbonyl (C=O) groups excluding carboxylic acids is 1. The van der Waals surface area contributed by atoms with Crippen LogP contribution in [-0.2, 0) is 0 Å². The lowest BCUT2D eigenvalue weighted by atomic mass is 9.85. The molecule has 0 spiro atoms. The number of hydrogen-bond donors (Lipinski definition) is 1. The Hall–Kier alpha value is -1.29. The summed E-state index contributed by atoms with van der Waals surface area (Å²) in [7, 11) is 0. The number of amides is 1. The number of nitrogens with two attached hydrogens (primary N) is 1. The number of rotatable bonds is 1. The third-order valence-electron chi connectivity index (χ3n) is 3.71. The van der Waals surface area contributed by atoms with E-state index < -0.39 is 0 Å². The molecular formula is C14H22ClN3O. The minimum absolute atomic E-state index is 0. The van der Waals surface area contributed by atoms with E-state index in [2.05, 4.69) is 18.8 Å². The zero-order valence-electron chi connectivity index (χ0n) is 11.6. The summed E-state index contributed by atoms with van der Waals surface area (Å²) in [6, 6.07) is 1.68. The van der Waals surface area contributed by atoms with Gasteiger partial charge in [-0.3, -0.25) is 9.78 Å². The number of aromatic nitrogens is 1. The van der Waals surface area contributed by atoms with E-state index in [0.717, 1.165) is 25.9 Å². The molecule has 2 heterocycles. The number of nitrogens with zero attached hydrogens (tertiary/aromatic N) is 2. The lowest BCUT2D eigenvalue weighted by Gasteiger charge is -2.23. The van der Waals surface area contributed by atoms with Crippen molar-refractivity contribution in [3.8, 4) is 0 Å². The summed E-state index contributed by atoms with van der Waals surface area (Å²) in [5.74, 6) is 0.0123. The van der Waals surface area contributed by atoms with Gasteiger partial charge in [0.15, 0.2) is 0 Å². The zero-order valence-corrected chi connectivity index (χ0v) is 12.4. The van der Waals surface area contributed by atoms with Crippen LogP contribution in [0, 0.1) is 5.41 Å². The average Bonchev–Trinajstić information content (AvgIpc) is 2.50. The van der Waals surface area contributed by atoms with Gasteiger partial charge in [0.1, 0.15) is 0 Å². The molecule has 4 nitrogen and oxygen atoms in total. The van der Waals surface area contributed by atoms with E-state index in [1.807, 2.05) is 4.90 Å². The third kappa shape index (κ3) is 3.83. The molecule has 0 saturated carbocycles.